The number of carboxylic acid groups (broad SMARTS) is 1. The number of nitrogens with one attached hydrogen (secondary N) is 1. The Hall–Kier alpha value is -2.46. The molecule has 4 aliphatic rings. The number of carboxylic acids is 1. The van der Waals surface area contributed by atoms with Crippen LogP contribution in [0.25, 0.3) is 0 Å². The predicted molar refractivity (Wildman–Crippen MR) is 128 cm³/mol. The molecule has 184 valence electrons. The molecule has 0 unspecified atom stereocenters. The van der Waals surface area contributed by atoms with Crippen molar-refractivity contribution in [3.63, 3.8) is 0 Å². The van der Waals surface area contributed by atoms with Crippen LogP contribution in [0.15, 0.2) is 34.1 Å². The maximum atomic E-state index is 13.7. The zero-order valence-electron chi connectivity index (χ0n) is 18.8. The van der Waals surface area contributed by atoms with E-state index < -0.39 is 5.97 Å². The quantitative estimate of drug-likeness (QED) is 0.429. The van der Waals surface area contributed by atoms with E-state index in [9.17, 15) is 23.6 Å². The summed E-state index contributed by atoms with van der Waals surface area (Å²) in [4.78, 5) is 55.0. The van der Waals surface area contributed by atoms with Gasteiger partial charge in [-0.1, -0.05) is 29.9 Å². The Kier molecular flexibility index (Phi) is 5.63. The van der Waals surface area contributed by atoms with Crippen LogP contribution in [0.5, 0.6) is 0 Å². The average molecular weight is 517 g/mol. The van der Waals surface area contributed by atoms with Crippen LogP contribution >= 0.6 is 23.1 Å². The number of thioether (sulfide) groups is 1. The highest BCUT2D eigenvalue weighted by Gasteiger charge is 2.69. The van der Waals surface area contributed by atoms with E-state index in [0.717, 1.165) is 21.9 Å². The molecular weight excluding hydrogens is 491 g/mol. The molecular formula is C25H25FN2O5S2. The van der Waals surface area contributed by atoms with E-state index >= 15 is 0 Å². The first-order valence-corrected chi connectivity index (χ1v) is 13.8. The molecule has 7 nitrogen and oxygen atoms in total. The molecule has 7 atom stereocenters. The second kappa shape index (κ2) is 8.58. The fourth-order valence-corrected chi connectivity index (χ4v) is 9.95. The van der Waals surface area contributed by atoms with Crippen molar-refractivity contribution in [1.82, 2.24) is 9.88 Å². The van der Waals surface area contributed by atoms with Gasteiger partial charge in [-0.15, -0.1) is 11.8 Å². The van der Waals surface area contributed by atoms with Crippen molar-refractivity contribution >= 4 is 40.9 Å². The van der Waals surface area contributed by atoms with E-state index in [0.29, 0.717) is 25.8 Å². The Morgan fingerprint density at radius 3 is 2.49 bits per heavy atom. The average Bonchev–Trinajstić information content (AvgIpc) is 3.54. The van der Waals surface area contributed by atoms with E-state index in [1.807, 2.05) is 0 Å². The Bertz CT molecular complexity index is 1260. The zero-order valence-corrected chi connectivity index (χ0v) is 20.4. The molecule has 3 heterocycles. The minimum absolute atomic E-state index is 0.0383. The van der Waals surface area contributed by atoms with Crippen LogP contribution in [0.3, 0.4) is 0 Å². The van der Waals surface area contributed by atoms with Crippen LogP contribution < -0.4 is 4.87 Å². The number of nitrogens with zero attached hydrogens (tertiary/aromatic N) is 1. The molecule has 0 spiro atoms. The van der Waals surface area contributed by atoms with Gasteiger partial charge in [-0.05, 0) is 54.7 Å². The van der Waals surface area contributed by atoms with Crippen molar-refractivity contribution in [2.24, 2.45) is 29.6 Å². The first-order valence-electron chi connectivity index (χ1n) is 12.1. The number of thiazole rings is 1. The number of aromatic amines is 1. The summed E-state index contributed by atoms with van der Waals surface area (Å²) in [5.41, 5.74) is 0.939. The number of benzene rings is 1. The van der Waals surface area contributed by atoms with Gasteiger partial charge in [0.25, 0.3) is 0 Å². The van der Waals surface area contributed by atoms with Crippen molar-refractivity contribution < 1.29 is 23.9 Å². The summed E-state index contributed by atoms with van der Waals surface area (Å²) in [5, 5.41) is 9.76. The summed E-state index contributed by atoms with van der Waals surface area (Å²) in [7, 11) is 0. The number of H-pyrrole nitrogens is 1. The van der Waals surface area contributed by atoms with Crippen molar-refractivity contribution in [3.05, 3.63) is 50.2 Å². The first kappa shape index (κ1) is 23.0. The van der Waals surface area contributed by atoms with Crippen molar-refractivity contribution in [3.8, 4) is 0 Å². The monoisotopic (exact) mass is 516 g/mol. The van der Waals surface area contributed by atoms with Crippen molar-refractivity contribution in [2.75, 3.05) is 6.54 Å². The number of likely N-dealkylation sites (tertiary alicyclic amines) is 1. The molecule has 35 heavy (non-hydrogen) atoms. The number of halogens is 1. The smallest absolute Gasteiger partial charge is 0.305 e. The van der Waals surface area contributed by atoms with Gasteiger partial charge in [-0.3, -0.25) is 24.1 Å². The largest absolute Gasteiger partial charge is 0.481 e. The minimum Gasteiger partial charge on any atom is -0.481 e. The molecule has 2 N–H and O–H groups in total. The van der Waals surface area contributed by atoms with Gasteiger partial charge in [0.15, 0.2) is 0 Å². The van der Waals surface area contributed by atoms with Gasteiger partial charge < -0.3 is 10.1 Å². The van der Waals surface area contributed by atoms with Crippen molar-refractivity contribution in [1.29, 1.82) is 0 Å². The van der Waals surface area contributed by atoms with Gasteiger partial charge in [-0.2, -0.15) is 0 Å². The third-order valence-corrected chi connectivity index (χ3v) is 10.9. The zero-order chi connectivity index (χ0) is 24.4. The molecule has 3 fully saturated rings. The van der Waals surface area contributed by atoms with Gasteiger partial charge in [0.2, 0.25) is 11.8 Å². The highest BCUT2D eigenvalue weighted by Crippen LogP contribution is 2.68. The number of aromatic nitrogens is 1. The van der Waals surface area contributed by atoms with Crippen LogP contribution in [0, 0.1) is 35.4 Å². The van der Waals surface area contributed by atoms with Crippen LogP contribution in [0.1, 0.15) is 48.5 Å². The summed E-state index contributed by atoms with van der Waals surface area (Å²) in [6.07, 6.45) is 2.71. The molecule has 2 saturated carbocycles. The van der Waals surface area contributed by atoms with Gasteiger partial charge in [0.05, 0.1) is 16.9 Å². The Labute approximate surface area is 209 Å². The number of rotatable bonds is 7. The van der Waals surface area contributed by atoms with Crippen LogP contribution in [0.2, 0.25) is 0 Å². The number of aliphatic carboxylic acids is 1. The summed E-state index contributed by atoms with van der Waals surface area (Å²) >= 11 is 2.83. The lowest BCUT2D eigenvalue weighted by Gasteiger charge is -2.43. The van der Waals surface area contributed by atoms with Gasteiger partial charge >= 0.3 is 10.8 Å². The molecule has 10 heteroatoms. The third kappa shape index (κ3) is 3.59. The SMILES string of the molecule is O=C(O)CCCCCN1C(=O)[C@@H]2[C@H]3C[C@@H]([C@@H]4Sc5[nH]c(=O)sc5[C@H](c5ccc(F)cc5)[C@@H]34)[C@H]2C1=O. The fourth-order valence-electron chi connectivity index (χ4n) is 7.07. The minimum atomic E-state index is -0.838. The third-order valence-electron chi connectivity index (χ3n) is 8.32. The van der Waals surface area contributed by atoms with Crippen LogP contribution in [-0.4, -0.2) is 44.6 Å². The van der Waals surface area contributed by atoms with Crippen LogP contribution in [-0.2, 0) is 14.4 Å². The first-order chi connectivity index (χ1) is 16.8. The Morgan fingerprint density at radius 2 is 1.77 bits per heavy atom. The Balaban J connectivity index is 1.28. The van der Waals surface area contributed by atoms with E-state index in [4.69, 9.17) is 5.11 Å². The number of amides is 2. The molecule has 1 aromatic heterocycles. The number of imide groups is 1. The number of carbonyl (C=O) groups is 3. The second-order valence-corrected chi connectivity index (χ2v) is 12.2. The standard InChI is InChI=1S/C25H25FN2O5S2/c26-12-7-5-11(6-8-12)16-17-13-10-14(20(17)34-22-21(16)35-25(33)27-22)19-18(13)23(31)28(24(19)32)9-3-1-2-4-15(29)30/h5-8,13-14,16-20H,1-4,9-10H2,(H,27,33)(H,29,30)/t13-,14+,16+,17+,18+,19+,20-/m0/s1. The summed E-state index contributed by atoms with van der Waals surface area (Å²) in [5.74, 6) is -1.91. The lowest BCUT2D eigenvalue weighted by atomic mass is 9.68. The number of hydrogen-bond acceptors (Lipinski definition) is 6. The molecule has 1 aromatic carbocycles. The normalized spacial score (nSPS) is 32.6. The van der Waals surface area contributed by atoms with E-state index in [2.05, 4.69) is 4.98 Å². The summed E-state index contributed by atoms with van der Waals surface area (Å²) in [6.45, 7) is 0.342. The lowest BCUT2D eigenvalue weighted by Crippen LogP contribution is -2.42. The van der Waals surface area contributed by atoms with Gasteiger partial charge in [0, 0.05) is 29.0 Å². The van der Waals surface area contributed by atoms with E-state index in [1.165, 1.54) is 28.4 Å². The molecule has 2 aliphatic carbocycles. The second-order valence-electron chi connectivity index (χ2n) is 10.0. The molecule has 2 bridgehead atoms. The molecule has 2 aliphatic heterocycles. The highest BCUT2D eigenvalue weighted by molar-refractivity contribution is 8.00. The molecule has 6 rings (SSSR count). The highest BCUT2D eigenvalue weighted by atomic mass is 32.2. The van der Waals surface area contributed by atoms with Gasteiger partial charge in [0.1, 0.15) is 5.82 Å². The summed E-state index contributed by atoms with van der Waals surface area (Å²) < 4.78 is 13.7. The van der Waals surface area contributed by atoms with Crippen molar-refractivity contribution in [2.45, 2.75) is 48.3 Å². The van der Waals surface area contributed by atoms with E-state index in [-0.39, 0.29) is 69.7 Å². The van der Waals surface area contributed by atoms with E-state index in [1.54, 1.807) is 23.9 Å². The summed E-state index contributed by atoms with van der Waals surface area (Å²) in [6, 6.07) is 6.42. The lowest BCUT2D eigenvalue weighted by molar-refractivity contribution is -0.141. The number of fused-ring (bicyclic) bond motifs is 9. The fraction of sp³-hybridized carbons (Fsp3) is 0.520. The maximum absolute atomic E-state index is 13.7. The molecule has 1 saturated heterocycles. The number of carbonyl (C=O) groups excluding carboxylic acids is 2. The molecule has 2 amide bonds. The molecule has 2 aromatic rings. The Morgan fingerprint density at radius 1 is 1.06 bits per heavy atom. The van der Waals surface area contributed by atoms with Gasteiger partial charge in [-0.25, -0.2) is 4.39 Å². The topological polar surface area (TPSA) is 108 Å². The molecule has 0 radical (unpaired) electrons. The number of unbranched alkanes of at least 4 members (excludes halogenated alkanes) is 2. The maximum Gasteiger partial charge on any atom is 0.305 e. The predicted octanol–water partition coefficient (Wildman–Crippen LogP) is 3.69. The number of hydrogen-bond donors (Lipinski definition) is 2. The van der Waals surface area contributed by atoms with Crippen LogP contribution in [0.4, 0.5) is 4.39 Å².